The molecule has 1 aromatic heterocycles. The number of aromatic nitrogens is 2. The summed E-state index contributed by atoms with van der Waals surface area (Å²) in [5, 5.41) is 8.99. The van der Waals surface area contributed by atoms with Crippen LogP contribution in [-0.4, -0.2) is 21.0 Å². The highest BCUT2D eigenvalue weighted by Gasteiger charge is 2.34. The minimum Gasteiger partial charge on any atom is -0.478 e. The first kappa shape index (κ1) is 19.6. The van der Waals surface area contributed by atoms with Crippen molar-refractivity contribution in [2.75, 3.05) is 0 Å². The van der Waals surface area contributed by atoms with Gasteiger partial charge in [0.2, 0.25) is 0 Å². The normalized spacial score (nSPS) is 11.8. The van der Waals surface area contributed by atoms with Crippen molar-refractivity contribution in [2.45, 2.75) is 6.18 Å². The van der Waals surface area contributed by atoms with Gasteiger partial charge in [-0.05, 0) is 35.4 Å². The van der Waals surface area contributed by atoms with E-state index in [1.807, 2.05) is 0 Å². The number of imidazole rings is 1. The summed E-state index contributed by atoms with van der Waals surface area (Å²) in [7, 11) is 0. The first-order valence-corrected chi connectivity index (χ1v) is 8.53. The number of rotatable bonds is 3. The van der Waals surface area contributed by atoms with Crippen molar-refractivity contribution < 1.29 is 31.9 Å². The zero-order chi connectivity index (χ0) is 21.6. The van der Waals surface area contributed by atoms with Crippen LogP contribution in [0.5, 0.6) is 0 Å². The van der Waals surface area contributed by atoms with Gasteiger partial charge in [-0.15, -0.1) is 0 Å². The molecule has 0 radical (unpaired) electrons. The third-order valence-corrected chi connectivity index (χ3v) is 4.57. The molecular weight excluding hydrogens is 407 g/mol. The molecule has 0 aliphatic heterocycles. The Bertz CT molecular complexity index is 1240. The molecule has 4 aromatic rings. The Morgan fingerprint density at radius 3 is 2.17 bits per heavy atom. The van der Waals surface area contributed by atoms with E-state index in [1.54, 1.807) is 0 Å². The lowest BCUT2D eigenvalue weighted by Gasteiger charge is -2.14. The molecule has 9 heteroatoms. The van der Waals surface area contributed by atoms with Gasteiger partial charge in [0.05, 0.1) is 22.2 Å². The van der Waals surface area contributed by atoms with Crippen LogP contribution in [0.3, 0.4) is 0 Å². The predicted octanol–water partition coefficient (Wildman–Crippen LogP) is 5.89. The zero-order valence-electron chi connectivity index (χ0n) is 14.9. The van der Waals surface area contributed by atoms with Gasteiger partial charge in [0.25, 0.3) is 0 Å². The molecule has 0 saturated heterocycles. The van der Waals surface area contributed by atoms with Crippen molar-refractivity contribution in [1.29, 1.82) is 0 Å². The molecule has 152 valence electrons. The highest BCUT2D eigenvalue weighted by Crippen LogP contribution is 2.39. The Balaban J connectivity index is 1.87. The summed E-state index contributed by atoms with van der Waals surface area (Å²) < 4.78 is 67.4. The molecular formula is C21H11F5N2O2. The SMILES string of the molecule is O=C(O)c1ccc(-c2cc(-c3nc4cc(F)c(F)cc4[nH]3)ccc2C(F)(F)F)cc1. The lowest BCUT2D eigenvalue weighted by atomic mass is 9.96. The molecule has 0 saturated carbocycles. The van der Waals surface area contributed by atoms with E-state index in [0.717, 1.165) is 18.2 Å². The highest BCUT2D eigenvalue weighted by molar-refractivity contribution is 5.88. The van der Waals surface area contributed by atoms with Gasteiger partial charge >= 0.3 is 12.1 Å². The van der Waals surface area contributed by atoms with E-state index >= 15 is 0 Å². The van der Waals surface area contributed by atoms with Gasteiger partial charge in [-0.2, -0.15) is 13.2 Å². The van der Waals surface area contributed by atoms with Crippen LogP contribution < -0.4 is 0 Å². The number of fused-ring (bicyclic) bond motifs is 1. The Morgan fingerprint density at radius 2 is 1.53 bits per heavy atom. The summed E-state index contributed by atoms with van der Waals surface area (Å²) in [6.45, 7) is 0. The number of H-pyrrole nitrogens is 1. The number of benzene rings is 3. The second-order valence-corrected chi connectivity index (χ2v) is 6.51. The van der Waals surface area contributed by atoms with E-state index in [-0.39, 0.29) is 39.1 Å². The molecule has 1 heterocycles. The van der Waals surface area contributed by atoms with Crippen molar-refractivity contribution in [2.24, 2.45) is 0 Å². The molecule has 0 atom stereocenters. The van der Waals surface area contributed by atoms with Crippen LogP contribution in [0.25, 0.3) is 33.5 Å². The number of alkyl halides is 3. The van der Waals surface area contributed by atoms with E-state index in [9.17, 15) is 26.7 Å². The van der Waals surface area contributed by atoms with Gasteiger partial charge in [0.1, 0.15) is 5.82 Å². The summed E-state index contributed by atoms with van der Waals surface area (Å²) in [5.41, 5.74) is -0.436. The average Bonchev–Trinajstić information content (AvgIpc) is 3.10. The van der Waals surface area contributed by atoms with Crippen molar-refractivity contribution in [3.8, 4) is 22.5 Å². The Morgan fingerprint density at radius 1 is 0.900 bits per heavy atom. The third kappa shape index (κ3) is 3.49. The Kier molecular flexibility index (Phi) is 4.53. The molecule has 2 N–H and O–H groups in total. The maximum atomic E-state index is 13.5. The maximum absolute atomic E-state index is 13.5. The number of carboxylic acid groups (broad SMARTS) is 1. The number of aromatic carboxylic acids is 1. The standard InChI is InChI=1S/C21H11F5N2O2/c22-15-8-17-18(9-16(15)23)28-19(27-17)12-5-6-14(21(24,25)26)13(7-12)10-1-3-11(4-2-10)20(29)30/h1-9H,(H,27,28)(H,29,30). The van der Waals surface area contributed by atoms with Crippen molar-refractivity contribution in [1.82, 2.24) is 9.97 Å². The van der Waals surface area contributed by atoms with Crippen LogP contribution in [-0.2, 0) is 6.18 Å². The zero-order valence-corrected chi connectivity index (χ0v) is 14.9. The van der Waals surface area contributed by atoms with Crippen molar-refractivity contribution in [3.05, 3.63) is 77.4 Å². The quantitative estimate of drug-likeness (QED) is 0.408. The molecule has 0 spiro atoms. The van der Waals surface area contributed by atoms with Crippen LogP contribution in [0.1, 0.15) is 15.9 Å². The van der Waals surface area contributed by atoms with Crippen LogP contribution in [0, 0.1) is 11.6 Å². The number of hydrogen-bond acceptors (Lipinski definition) is 2. The second kappa shape index (κ2) is 6.94. The van der Waals surface area contributed by atoms with Crippen LogP contribution in [0.4, 0.5) is 22.0 Å². The van der Waals surface area contributed by atoms with Gasteiger partial charge in [-0.25, -0.2) is 18.6 Å². The first-order chi connectivity index (χ1) is 14.1. The molecule has 0 fully saturated rings. The van der Waals surface area contributed by atoms with E-state index in [1.165, 1.54) is 36.4 Å². The highest BCUT2D eigenvalue weighted by atomic mass is 19.4. The first-order valence-electron chi connectivity index (χ1n) is 8.53. The largest absolute Gasteiger partial charge is 0.478 e. The topological polar surface area (TPSA) is 66.0 Å². The molecule has 0 bridgehead atoms. The summed E-state index contributed by atoms with van der Waals surface area (Å²) in [4.78, 5) is 17.9. The molecule has 3 aromatic carbocycles. The summed E-state index contributed by atoms with van der Waals surface area (Å²) in [6.07, 6.45) is -4.65. The van der Waals surface area contributed by atoms with Crippen molar-refractivity contribution in [3.63, 3.8) is 0 Å². The fourth-order valence-electron chi connectivity index (χ4n) is 3.11. The summed E-state index contributed by atoms with van der Waals surface area (Å²) in [6, 6.07) is 10.1. The monoisotopic (exact) mass is 418 g/mol. The van der Waals surface area contributed by atoms with Gasteiger partial charge < -0.3 is 10.1 Å². The lowest BCUT2D eigenvalue weighted by Crippen LogP contribution is -2.07. The Labute approximate surface area is 165 Å². The predicted molar refractivity (Wildman–Crippen MR) is 98.8 cm³/mol. The van der Waals surface area contributed by atoms with E-state index < -0.39 is 29.3 Å². The summed E-state index contributed by atoms with van der Waals surface area (Å²) in [5.74, 6) is -3.24. The van der Waals surface area contributed by atoms with Gasteiger partial charge in [0.15, 0.2) is 11.6 Å². The minimum absolute atomic E-state index is 0.0650. The average molecular weight is 418 g/mol. The van der Waals surface area contributed by atoms with E-state index in [0.29, 0.717) is 0 Å². The van der Waals surface area contributed by atoms with Gasteiger partial charge in [-0.3, -0.25) is 0 Å². The van der Waals surface area contributed by atoms with Crippen LogP contribution >= 0.6 is 0 Å². The number of aromatic amines is 1. The molecule has 4 nitrogen and oxygen atoms in total. The number of hydrogen-bond donors (Lipinski definition) is 2. The third-order valence-electron chi connectivity index (χ3n) is 4.57. The number of nitrogens with zero attached hydrogens (tertiary/aromatic N) is 1. The van der Waals surface area contributed by atoms with E-state index in [2.05, 4.69) is 9.97 Å². The molecule has 0 unspecified atom stereocenters. The molecule has 30 heavy (non-hydrogen) atoms. The fourth-order valence-corrected chi connectivity index (χ4v) is 3.11. The lowest BCUT2D eigenvalue weighted by molar-refractivity contribution is -0.137. The van der Waals surface area contributed by atoms with E-state index in [4.69, 9.17) is 5.11 Å². The Hall–Kier alpha value is -3.75. The smallest absolute Gasteiger partial charge is 0.417 e. The summed E-state index contributed by atoms with van der Waals surface area (Å²) >= 11 is 0. The molecule has 0 aliphatic rings. The van der Waals surface area contributed by atoms with Crippen LogP contribution in [0.15, 0.2) is 54.6 Å². The number of carbonyl (C=O) groups is 1. The van der Waals surface area contributed by atoms with Gasteiger partial charge in [0, 0.05) is 17.7 Å². The number of halogens is 5. The minimum atomic E-state index is -4.65. The second-order valence-electron chi connectivity index (χ2n) is 6.51. The van der Waals surface area contributed by atoms with Gasteiger partial charge in [-0.1, -0.05) is 18.2 Å². The van der Waals surface area contributed by atoms with Crippen molar-refractivity contribution >= 4 is 17.0 Å². The number of nitrogens with one attached hydrogen (secondary N) is 1. The number of carboxylic acids is 1. The molecule has 0 amide bonds. The van der Waals surface area contributed by atoms with Crippen LogP contribution in [0.2, 0.25) is 0 Å². The molecule has 4 rings (SSSR count). The fraction of sp³-hybridized carbons (Fsp3) is 0.0476. The maximum Gasteiger partial charge on any atom is 0.417 e. The molecule has 0 aliphatic carbocycles.